The van der Waals surface area contributed by atoms with Crippen LogP contribution >= 0.6 is 0 Å². The monoisotopic (exact) mass is 100 g/mol. The van der Waals surface area contributed by atoms with E-state index in [9.17, 15) is 0 Å². The van der Waals surface area contributed by atoms with Crippen LogP contribution in [0.15, 0.2) is 0 Å². The Balaban J connectivity index is 3.14. The Morgan fingerprint density at radius 2 is 2.00 bits per heavy atom. The predicted molar refractivity (Wildman–Crippen MR) is 34.2 cm³/mol. The van der Waals surface area contributed by atoms with Crippen molar-refractivity contribution in [2.24, 2.45) is 5.84 Å². The summed E-state index contributed by atoms with van der Waals surface area (Å²) >= 11 is 0. The largest absolute Gasteiger partial charge is 0.288 e. The van der Waals surface area contributed by atoms with Crippen LogP contribution in [-0.4, -0.2) is 18.4 Å². The number of hydrogen-bond donors (Lipinski definition) is 1. The van der Waals surface area contributed by atoms with Gasteiger partial charge in [-0.2, -0.15) is 0 Å². The molecule has 0 saturated heterocycles. The van der Waals surface area contributed by atoms with Gasteiger partial charge in [0, 0.05) is 6.04 Å². The SMILES string of the molecule is CBN(N)C(C)C. The Hall–Kier alpha value is -0.0151. The highest BCUT2D eigenvalue weighted by atomic mass is 15.4. The zero-order valence-corrected chi connectivity index (χ0v) is 5.31. The molecule has 0 spiro atoms. The van der Waals surface area contributed by atoms with E-state index in [-0.39, 0.29) is 0 Å². The lowest BCUT2D eigenvalue weighted by Gasteiger charge is -2.16. The summed E-state index contributed by atoms with van der Waals surface area (Å²) in [5, 5.41) is 0. The van der Waals surface area contributed by atoms with E-state index >= 15 is 0 Å². The van der Waals surface area contributed by atoms with Crippen LogP contribution < -0.4 is 5.84 Å². The van der Waals surface area contributed by atoms with Gasteiger partial charge in [0.05, 0.1) is 0 Å². The highest BCUT2D eigenvalue weighted by molar-refractivity contribution is 6.29. The third kappa shape index (κ3) is 2.65. The second-order valence-electron chi connectivity index (χ2n) is 1.92. The van der Waals surface area contributed by atoms with Crippen molar-refractivity contribution in [1.29, 1.82) is 0 Å². The smallest absolute Gasteiger partial charge is 0.220 e. The molecule has 0 atom stereocenters. The molecule has 0 aromatic carbocycles. The molecule has 0 aliphatic carbocycles. The maximum absolute atomic E-state index is 5.45. The Morgan fingerprint density at radius 3 is 2.00 bits per heavy atom. The first-order valence-electron chi connectivity index (χ1n) is 2.69. The molecule has 2 N–H and O–H groups in total. The van der Waals surface area contributed by atoms with E-state index in [1.54, 1.807) is 4.92 Å². The summed E-state index contributed by atoms with van der Waals surface area (Å²) in [4.78, 5) is 1.79. The Bertz CT molecular complexity index is 47.0. The number of hydrogen-bond acceptors (Lipinski definition) is 2. The molecule has 0 rings (SSSR count). The fourth-order valence-corrected chi connectivity index (χ4v) is 0.365. The van der Waals surface area contributed by atoms with Crippen molar-refractivity contribution in [2.45, 2.75) is 26.7 Å². The number of nitrogens with two attached hydrogens (primary N) is 1. The molecule has 0 unspecified atom stereocenters. The third-order valence-electron chi connectivity index (χ3n) is 1.03. The van der Waals surface area contributed by atoms with Gasteiger partial charge in [0.25, 0.3) is 0 Å². The minimum atomic E-state index is 0.477. The van der Waals surface area contributed by atoms with Crippen molar-refractivity contribution in [2.75, 3.05) is 0 Å². The first kappa shape index (κ1) is 6.98. The van der Waals surface area contributed by atoms with Crippen LogP contribution in [0.2, 0.25) is 6.82 Å². The highest BCUT2D eigenvalue weighted by Gasteiger charge is 1.97. The van der Waals surface area contributed by atoms with Crippen LogP contribution in [0.4, 0.5) is 0 Å². The van der Waals surface area contributed by atoms with Crippen LogP contribution in [0.3, 0.4) is 0 Å². The summed E-state index contributed by atoms with van der Waals surface area (Å²) in [5.74, 6) is 5.45. The summed E-state index contributed by atoms with van der Waals surface area (Å²) in [7, 11) is 0.928. The summed E-state index contributed by atoms with van der Waals surface area (Å²) in [6, 6.07) is 0.477. The topological polar surface area (TPSA) is 29.3 Å². The van der Waals surface area contributed by atoms with Crippen molar-refractivity contribution >= 4 is 7.41 Å². The average molecular weight is 100.0 g/mol. The molecule has 2 nitrogen and oxygen atoms in total. The minimum Gasteiger partial charge on any atom is -0.288 e. The van der Waals surface area contributed by atoms with Gasteiger partial charge in [0.15, 0.2) is 0 Å². The lowest BCUT2D eigenvalue weighted by Crippen LogP contribution is -2.39. The summed E-state index contributed by atoms with van der Waals surface area (Å²) in [6.07, 6.45) is 0. The molecular weight excluding hydrogens is 86.9 g/mol. The maximum atomic E-state index is 5.45. The van der Waals surface area contributed by atoms with Crippen molar-refractivity contribution in [3.05, 3.63) is 0 Å². The van der Waals surface area contributed by atoms with E-state index in [0.717, 1.165) is 7.41 Å². The van der Waals surface area contributed by atoms with E-state index in [1.807, 2.05) is 6.82 Å². The molecule has 0 radical (unpaired) electrons. The highest BCUT2D eigenvalue weighted by Crippen LogP contribution is 1.84. The fourth-order valence-electron chi connectivity index (χ4n) is 0.365. The average Bonchev–Trinajstić information content (AvgIpc) is 1.65. The van der Waals surface area contributed by atoms with Gasteiger partial charge in [0.1, 0.15) is 0 Å². The molecule has 42 valence electrons. The van der Waals surface area contributed by atoms with Gasteiger partial charge >= 0.3 is 0 Å². The number of hydrazine groups is 1. The van der Waals surface area contributed by atoms with Gasteiger partial charge in [-0.05, 0) is 13.8 Å². The van der Waals surface area contributed by atoms with Crippen LogP contribution in [0.1, 0.15) is 13.8 Å². The molecule has 7 heavy (non-hydrogen) atoms. The molecule has 0 heterocycles. The molecule has 3 heteroatoms. The first-order chi connectivity index (χ1) is 3.18. The molecule has 0 aromatic rings. The van der Waals surface area contributed by atoms with Gasteiger partial charge in [-0.3, -0.25) is 10.8 Å². The van der Waals surface area contributed by atoms with Gasteiger partial charge in [0.2, 0.25) is 7.41 Å². The third-order valence-corrected chi connectivity index (χ3v) is 1.03. The van der Waals surface area contributed by atoms with E-state index in [1.165, 1.54) is 0 Å². The van der Waals surface area contributed by atoms with Gasteiger partial charge < -0.3 is 0 Å². The van der Waals surface area contributed by atoms with Gasteiger partial charge in [-0.15, -0.1) is 0 Å². The predicted octanol–water partition coefficient (Wildman–Crippen LogP) is -0.0299. The van der Waals surface area contributed by atoms with Crippen molar-refractivity contribution in [3.63, 3.8) is 0 Å². The molecule has 0 fully saturated rings. The van der Waals surface area contributed by atoms with E-state index < -0.39 is 0 Å². The van der Waals surface area contributed by atoms with E-state index in [4.69, 9.17) is 5.84 Å². The summed E-state index contributed by atoms with van der Waals surface area (Å²) in [5.41, 5.74) is 0. The maximum Gasteiger partial charge on any atom is 0.220 e. The Kier molecular flexibility index (Phi) is 3.04. The van der Waals surface area contributed by atoms with Crippen LogP contribution in [0, 0.1) is 0 Å². The molecule has 0 aliphatic heterocycles. The Labute approximate surface area is 45.9 Å². The summed E-state index contributed by atoms with van der Waals surface area (Å²) < 4.78 is 0. The van der Waals surface area contributed by atoms with Crippen molar-refractivity contribution < 1.29 is 0 Å². The lowest BCUT2D eigenvalue weighted by molar-refractivity contribution is 0.388. The normalized spacial score (nSPS) is 10.6. The number of rotatable bonds is 2. The van der Waals surface area contributed by atoms with Crippen LogP contribution in [0.5, 0.6) is 0 Å². The minimum absolute atomic E-state index is 0.477. The zero-order valence-electron chi connectivity index (χ0n) is 5.31. The lowest BCUT2D eigenvalue weighted by atomic mass is 9.97. The molecule has 0 aliphatic rings. The molecule has 0 aromatic heterocycles. The van der Waals surface area contributed by atoms with Crippen molar-refractivity contribution in [3.8, 4) is 0 Å². The summed E-state index contributed by atoms with van der Waals surface area (Å²) in [6.45, 7) is 6.19. The fraction of sp³-hybridized carbons (Fsp3) is 1.00. The van der Waals surface area contributed by atoms with Crippen LogP contribution in [0.25, 0.3) is 0 Å². The Morgan fingerprint density at radius 1 is 1.57 bits per heavy atom. The van der Waals surface area contributed by atoms with Crippen LogP contribution in [-0.2, 0) is 0 Å². The first-order valence-corrected chi connectivity index (χ1v) is 2.69. The second kappa shape index (κ2) is 3.05. The molecule has 0 bridgehead atoms. The quantitative estimate of drug-likeness (QED) is 0.300. The van der Waals surface area contributed by atoms with Gasteiger partial charge in [-0.25, -0.2) is 0 Å². The van der Waals surface area contributed by atoms with E-state index in [2.05, 4.69) is 13.8 Å². The standard InChI is InChI=1S/C4H13BN2/c1-4(2)7(6)5-3/h4-5H,6H2,1-3H3. The van der Waals surface area contributed by atoms with Crippen molar-refractivity contribution in [1.82, 2.24) is 4.92 Å². The zero-order chi connectivity index (χ0) is 5.86. The van der Waals surface area contributed by atoms with E-state index in [0.29, 0.717) is 6.04 Å². The van der Waals surface area contributed by atoms with Gasteiger partial charge in [-0.1, -0.05) is 6.82 Å². The molecular formula is C4H13BN2. The number of nitrogens with zero attached hydrogens (tertiary/aromatic N) is 1. The molecule has 0 saturated carbocycles. The molecule has 0 amide bonds. The second-order valence-corrected chi connectivity index (χ2v) is 1.92.